The lowest BCUT2D eigenvalue weighted by Crippen LogP contribution is -2.32. The molecule has 0 saturated heterocycles. The fourth-order valence-electron chi connectivity index (χ4n) is 3.19. The van der Waals surface area contributed by atoms with Gasteiger partial charge in [-0.25, -0.2) is 0 Å². The van der Waals surface area contributed by atoms with E-state index in [0.717, 1.165) is 0 Å². The molecule has 0 radical (unpaired) electrons. The Kier molecular flexibility index (Phi) is 7.93. The van der Waals surface area contributed by atoms with E-state index in [4.69, 9.17) is 10.2 Å². The van der Waals surface area contributed by atoms with Crippen molar-refractivity contribution in [1.29, 1.82) is 0 Å². The Morgan fingerprint density at radius 1 is 0.844 bits per heavy atom. The highest BCUT2D eigenvalue weighted by atomic mass is 16.3. The summed E-state index contributed by atoms with van der Waals surface area (Å²) < 4.78 is 5.75. The van der Waals surface area contributed by atoms with Crippen molar-refractivity contribution in [2.75, 3.05) is 26.2 Å². The van der Waals surface area contributed by atoms with Gasteiger partial charge in [-0.15, -0.1) is 0 Å². The SMILES string of the molecule is NC(=O)CCNCCC(=O)NCCCNC(=O)c1ccc2oc3ccccc3c(=O)c2c1. The van der Waals surface area contributed by atoms with E-state index in [-0.39, 0.29) is 29.6 Å². The van der Waals surface area contributed by atoms with Gasteiger partial charge in [0.15, 0.2) is 0 Å². The van der Waals surface area contributed by atoms with Crippen molar-refractivity contribution in [3.8, 4) is 0 Å². The molecule has 9 heteroatoms. The summed E-state index contributed by atoms with van der Waals surface area (Å²) >= 11 is 0. The summed E-state index contributed by atoms with van der Waals surface area (Å²) in [4.78, 5) is 47.5. The minimum atomic E-state index is -0.385. The molecule has 1 aromatic heterocycles. The van der Waals surface area contributed by atoms with Gasteiger partial charge in [0.25, 0.3) is 5.91 Å². The van der Waals surface area contributed by atoms with Gasteiger partial charge in [-0.2, -0.15) is 0 Å². The lowest BCUT2D eigenvalue weighted by molar-refractivity contribution is -0.121. The smallest absolute Gasteiger partial charge is 0.251 e. The number of fused-ring (bicyclic) bond motifs is 2. The van der Waals surface area contributed by atoms with Gasteiger partial charge >= 0.3 is 0 Å². The van der Waals surface area contributed by atoms with E-state index < -0.39 is 0 Å². The van der Waals surface area contributed by atoms with E-state index in [0.29, 0.717) is 66.5 Å². The van der Waals surface area contributed by atoms with E-state index in [1.165, 1.54) is 6.07 Å². The molecule has 3 aromatic rings. The van der Waals surface area contributed by atoms with Gasteiger partial charge in [0.05, 0.1) is 10.8 Å². The van der Waals surface area contributed by atoms with Crippen molar-refractivity contribution < 1.29 is 18.8 Å². The molecular weight excluding hydrogens is 412 g/mol. The Hall–Kier alpha value is -3.72. The summed E-state index contributed by atoms with van der Waals surface area (Å²) in [6, 6.07) is 11.8. The summed E-state index contributed by atoms with van der Waals surface area (Å²) in [6.45, 7) is 1.71. The molecule has 2 aromatic carbocycles. The largest absolute Gasteiger partial charge is 0.456 e. The van der Waals surface area contributed by atoms with Crippen molar-refractivity contribution in [2.45, 2.75) is 19.3 Å². The van der Waals surface area contributed by atoms with Gasteiger partial charge in [-0.3, -0.25) is 19.2 Å². The van der Waals surface area contributed by atoms with Crippen molar-refractivity contribution in [2.24, 2.45) is 5.73 Å². The molecule has 168 valence electrons. The lowest BCUT2D eigenvalue weighted by Gasteiger charge is -2.08. The van der Waals surface area contributed by atoms with Crippen LogP contribution in [0.4, 0.5) is 0 Å². The minimum Gasteiger partial charge on any atom is -0.456 e. The van der Waals surface area contributed by atoms with Crippen molar-refractivity contribution in [3.63, 3.8) is 0 Å². The Labute approximate surface area is 184 Å². The normalized spacial score (nSPS) is 10.9. The predicted molar refractivity (Wildman–Crippen MR) is 121 cm³/mol. The van der Waals surface area contributed by atoms with Gasteiger partial charge in [0.1, 0.15) is 11.2 Å². The van der Waals surface area contributed by atoms with Crippen molar-refractivity contribution in [3.05, 3.63) is 58.3 Å². The number of amides is 3. The number of nitrogens with two attached hydrogens (primary N) is 1. The standard InChI is InChI=1S/C23H26N4O5/c24-20(28)8-12-25-13-9-21(29)26-10-3-11-27-23(31)15-6-7-19-17(14-15)22(30)16-4-1-2-5-18(16)32-19/h1-2,4-7,14,25H,3,8-13H2,(H2,24,28)(H,26,29)(H,27,31). The van der Waals surface area contributed by atoms with Crippen LogP contribution in [0.15, 0.2) is 51.7 Å². The lowest BCUT2D eigenvalue weighted by atomic mass is 10.1. The second-order valence-electron chi connectivity index (χ2n) is 7.31. The highest BCUT2D eigenvalue weighted by Gasteiger charge is 2.11. The van der Waals surface area contributed by atoms with Crippen LogP contribution in [0.3, 0.4) is 0 Å². The van der Waals surface area contributed by atoms with Crippen LogP contribution in [0, 0.1) is 0 Å². The number of hydrogen-bond acceptors (Lipinski definition) is 6. The van der Waals surface area contributed by atoms with Crippen LogP contribution < -0.4 is 27.1 Å². The maximum absolute atomic E-state index is 12.7. The topological polar surface area (TPSA) is 144 Å². The number of primary amides is 1. The van der Waals surface area contributed by atoms with Crippen molar-refractivity contribution >= 4 is 39.7 Å². The van der Waals surface area contributed by atoms with Crippen LogP contribution in [-0.4, -0.2) is 43.9 Å². The average Bonchev–Trinajstić information content (AvgIpc) is 2.78. The maximum Gasteiger partial charge on any atom is 0.251 e. The number of carbonyl (C=O) groups is 3. The first-order chi connectivity index (χ1) is 15.5. The van der Waals surface area contributed by atoms with Gasteiger partial charge in [-0.05, 0) is 36.8 Å². The first-order valence-electron chi connectivity index (χ1n) is 10.5. The molecule has 32 heavy (non-hydrogen) atoms. The Morgan fingerprint density at radius 3 is 2.38 bits per heavy atom. The molecule has 0 spiro atoms. The zero-order chi connectivity index (χ0) is 22.9. The third-order valence-corrected chi connectivity index (χ3v) is 4.88. The second-order valence-corrected chi connectivity index (χ2v) is 7.31. The fourth-order valence-corrected chi connectivity index (χ4v) is 3.19. The van der Waals surface area contributed by atoms with Crippen LogP contribution in [0.1, 0.15) is 29.6 Å². The van der Waals surface area contributed by atoms with Crippen LogP contribution in [0.5, 0.6) is 0 Å². The molecule has 0 unspecified atom stereocenters. The fraction of sp³-hybridized carbons (Fsp3) is 0.304. The molecule has 0 aliphatic carbocycles. The number of hydrogen-bond donors (Lipinski definition) is 4. The summed E-state index contributed by atoms with van der Waals surface area (Å²) in [5.41, 5.74) is 6.15. The van der Waals surface area contributed by atoms with Crippen LogP contribution in [0.2, 0.25) is 0 Å². The zero-order valence-electron chi connectivity index (χ0n) is 17.6. The highest BCUT2D eigenvalue weighted by molar-refractivity contribution is 5.99. The molecule has 0 fully saturated rings. The first kappa shape index (κ1) is 23.0. The van der Waals surface area contributed by atoms with E-state index >= 15 is 0 Å². The molecule has 0 aliphatic heterocycles. The molecule has 0 aliphatic rings. The average molecular weight is 438 g/mol. The van der Waals surface area contributed by atoms with E-state index in [1.54, 1.807) is 36.4 Å². The quantitative estimate of drug-likeness (QED) is 0.260. The van der Waals surface area contributed by atoms with Gasteiger partial charge in [0.2, 0.25) is 17.2 Å². The molecule has 1 heterocycles. The second kappa shape index (κ2) is 11.1. The Balaban J connectivity index is 1.44. The summed E-state index contributed by atoms with van der Waals surface area (Å²) in [5.74, 6) is -0.800. The third kappa shape index (κ3) is 6.14. The molecule has 3 amide bonds. The number of rotatable bonds is 11. The number of benzene rings is 2. The Morgan fingerprint density at radius 2 is 1.56 bits per heavy atom. The van der Waals surface area contributed by atoms with Crippen molar-refractivity contribution in [1.82, 2.24) is 16.0 Å². The Bertz CT molecular complexity index is 1190. The molecule has 0 saturated carbocycles. The maximum atomic E-state index is 12.7. The molecular formula is C23H26N4O5. The summed E-state index contributed by atoms with van der Waals surface area (Å²) in [7, 11) is 0. The zero-order valence-corrected chi connectivity index (χ0v) is 17.6. The first-order valence-corrected chi connectivity index (χ1v) is 10.5. The van der Waals surface area contributed by atoms with E-state index in [2.05, 4.69) is 16.0 Å². The predicted octanol–water partition coefficient (Wildman–Crippen LogP) is 1.04. The van der Waals surface area contributed by atoms with Gasteiger partial charge in [0, 0.05) is 44.6 Å². The molecule has 0 bridgehead atoms. The minimum absolute atomic E-state index is 0.114. The van der Waals surface area contributed by atoms with Crippen LogP contribution in [0.25, 0.3) is 21.9 Å². The van der Waals surface area contributed by atoms with Crippen LogP contribution in [-0.2, 0) is 9.59 Å². The summed E-state index contributed by atoms with van der Waals surface area (Å²) in [5, 5.41) is 9.34. The molecule has 0 atom stereocenters. The molecule has 3 rings (SSSR count). The molecule has 5 N–H and O–H groups in total. The van der Waals surface area contributed by atoms with E-state index in [1.807, 2.05) is 0 Å². The van der Waals surface area contributed by atoms with E-state index in [9.17, 15) is 19.2 Å². The monoisotopic (exact) mass is 438 g/mol. The number of para-hydroxylation sites is 1. The number of carbonyl (C=O) groups excluding carboxylic acids is 3. The molecule has 9 nitrogen and oxygen atoms in total. The highest BCUT2D eigenvalue weighted by Crippen LogP contribution is 2.19. The number of nitrogens with one attached hydrogen (secondary N) is 3. The van der Waals surface area contributed by atoms with Crippen LogP contribution >= 0.6 is 0 Å². The third-order valence-electron chi connectivity index (χ3n) is 4.88. The summed E-state index contributed by atoms with van der Waals surface area (Å²) in [6.07, 6.45) is 1.09. The van der Waals surface area contributed by atoms with Gasteiger partial charge < -0.3 is 26.1 Å². The van der Waals surface area contributed by atoms with Gasteiger partial charge in [-0.1, -0.05) is 12.1 Å².